The van der Waals surface area contributed by atoms with Crippen LogP contribution in [0.4, 0.5) is 8.78 Å². The van der Waals surface area contributed by atoms with Gasteiger partial charge in [0.2, 0.25) is 0 Å². The molecule has 1 unspecified atom stereocenters. The Kier molecular flexibility index (Phi) is 6.60. The van der Waals surface area contributed by atoms with E-state index < -0.39 is 17.9 Å². The van der Waals surface area contributed by atoms with Crippen LogP contribution in [0, 0.1) is 18.6 Å². The number of aromatic nitrogens is 2. The number of aromatic carboxylic acids is 1. The highest BCUT2D eigenvalue weighted by molar-refractivity contribution is 5.96. The molecule has 4 aromatic rings. The van der Waals surface area contributed by atoms with Crippen LogP contribution in [0.2, 0.25) is 0 Å². The lowest BCUT2D eigenvalue weighted by Crippen LogP contribution is -2.11. The number of ether oxygens (including phenoxy) is 1. The van der Waals surface area contributed by atoms with E-state index in [0.29, 0.717) is 29.7 Å². The molecule has 1 atom stereocenters. The first-order valence-corrected chi connectivity index (χ1v) is 10.4. The van der Waals surface area contributed by atoms with Gasteiger partial charge in [0.25, 0.3) is 0 Å². The minimum absolute atomic E-state index is 0.0937. The van der Waals surface area contributed by atoms with Crippen LogP contribution in [0.5, 0.6) is 0 Å². The van der Waals surface area contributed by atoms with Crippen molar-refractivity contribution in [3.05, 3.63) is 113 Å². The lowest BCUT2D eigenvalue weighted by molar-refractivity contribution is 0.0696. The summed E-state index contributed by atoms with van der Waals surface area (Å²) in [5.74, 6) is -1.05. The summed E-state index contributed by atoms with van der Waals surface area (Å²) in [6.07, 6.45) is 1.79. The van der Waals surface area contributed by atoms with Crippen molar-refractivity contribution < 1.29 is 23.4 Å². The maximum atomic E-state index is 13.5. The fraction of sp³-hybridized carbons (Fsp3) is 0.154. The Morgan fingerprint density at radius 2 is 1.64 bits per heavy atom. The summed E-state index contributed by atoms with van der Waals surface area (Å²) in [4.78, 5) is 19.2. The van der Waals surface area contributed by atoms with Gasteiger partial charge < -0.3 is 14.8 Å². The van der Waals surface area contributed by atoms with Crippen molar-refractivity contribution in [2.24, 2.45) is 0 Å². The second-order valence-corrected chi connectivity index (χ2v) is 7.66. The SMILES string of the molecule is Cc1ncc(CCOC(c2ccc(F)cc2)c2ccc(C(=O)O)c(-c3ccc(F)cc3)c2)[nH]1. The van der Waals surface area contributed by atoms with E-state index >= 15 is 0 Å². The van der Waals surface area contributed by atoms with Gasteiger partial charge in [0.15, 0.2) is 0 Å². The summed E-state index contributed by atoms with van der Waals surface area (Å²) in [7, 11) is 0. The Morgan fingerprint density at radius 3 is 2.24 bits per heavy atom. The Bertz CT molecular complexity index is 1250. The van der Waals surface area contributed by atoms with E-state index in [9.17, 15) is 18.7 Å². The molecule has 0 aliphatic carbocycles. The van der Waals surface area contributed by atoms with Gasteiger partial charge in [0.1, 0.15) is 23.6 Å². The van der Waals surface area contributed by atoms with Crippen molar-refractivity contribution in [2.45, 2.75) is 19.4 Å². The van der Waals surface area contributed by atoms with E-state index in [0.717, 1.165) is 17.1 Å². The molecule has 0 spiro atoms. The molecular formula is C26H22F2N2O3. The van der Waals surface area contributed by atoms with Crippen molar-refractivity contribution in [3.8, 4) is 11.1 Å². The van der Waals surface area contributed by atoms with E-state index in [2.05, 4.69) is 9.97 Å². The van der Waals surface area contributed by atoms with Crippen molar-refractivity contribution in [1.82, 2.24) is 9.97 Å². The zero-order valence-electron chi connectivity index (χ0n) is 17.9. The van der Waals surface area contributed by atoms with Gasteiger partial charge in [-0.15, -0.1) is 0 Å². The van der Waals surface area contributed by atoms with Crippen LogP contribution in [0.15, 0.2) is 72.9 Å². The van der Waals surface area contributed by atoms with Crippen LogP contribution < -0.4 is 0 Å². The zero-order valence-corrected chi connectivity index (χ0v) is 17.9. The van der Waals surface area contributed by atoms with Gasteiger partial charge in [0, 0.05) is 18.3 Å². The van der Waals surface area contributed by atoms with Crippen LogP contribution in [-0.4, -0.2) is 27.7 Å². The number of hydrogen-bond donors (Lipinski definition) is 2. The molecule has 5 nitrogen and oxygen atoms in total. The number of carbonyl (C=O) groups is 1. The summed E-state index contributed by atoms with van der Waals surface area (Å²) < 4.78 is 33.2. The third-order valence-corrected chi connectivity index (χ3v) is 5.32. The van der Waals surface area contributed by atoms with Gasteiger partial charge in [-0.05, 0) is 65.6 Å². The highest BCUT2D eigenvalue weighted by atomic mass is 19.1. The molecule has 4 rings (SSSR count). The molecule has 33 heavy (non-hydrogen) atoms. The number of rotatable bonds is 8. The fourth-order valence-electron chi connectivity index (χ4n) is 3.69. The Hall–Kier alpha value is -3.84. The molecule has 3 aromatic carbocycles. The average molecular weight is 448 g/mol. The number of carboxylic acids is 1. The topological polar surface area (TPSA) is 75.2 Å². The van der Waals surface area contributed by atoms with E-state index in [1.165, 1.54) is 42.5 Å². The predicted octanol–water partition coefficient (Wildman–Crippen LogP) is 5.71. The molecule has 1 aromatic heterocycles. The molecule has 1 heterocycles. The maximum Gasteiger partial charge on any atom is 0.336 e. The summed E-state index contributed by atoms with van der Waals surface area (Å²) in [6, 6.07) is 16.6. The first-order chi connectivity index (χ1) is 15.9. The van der Waals surface area contributed by atoms with Crippen LogP contribution in [0.3, 0.4) is 0 Å². The molecule has 0 aliphatic rings. The normalized spacial score (nSPS) is 12.0. The number of aryl methyl sites for hydroxylation is 1. The van der Waals surface area contributed by atoms with Crippen molar-refractivity contribution in [3.63, 3.8) is 0 Å². The number of hydrogen-bond acceptors (Lipinski definition) is 3. The van der Waals surface area contributed by atoms with Gasteiger partial charge in [-0.1, -0.05) is 30.3 Å². The Labute approximate surface area is 189 Å². The average Bonchev–Trinajstić information content (AvgIpc) is 3.22. The van der Waals surface area contributed by atoms with Gasteiger partial charge >= 0.3 is 5.97 Å². The minimum atomic E-state index is -1.09. The number of halogens is 2. The first kappa shape index (κ1) is 22.4. The smallest absolute Gasteiger partial charge is 0.336 e. The van der Waals surface area contributed by atoms with E-state index in [-0.39, 0.29) is 11.4 Å². The number of benzene rings is 3. The predicted molar refractivity (Wildman–Crippen MR) is 120 cm³/mol. The van der Waals surface area contributed by atoms with E-state index in [1.54, 1.807) is 30.5 Å². The largest absolute Gasteiger partial charge is 0.478 e. The number of carboxylic acid groups (broad SMARTS) is 1. The molecule has 0 saturated heterocycles. The lowest BCUT2D eigenvalue weighted by atomic mass is 9.93. The Morgan fingerprint density at radius 1 is 1.00 bits per heavy atom. The monoisotopic (exact) mass is 448 g/mol. The maximum absolute atomic E-state index is 13.5. The summed E-state index contributed by atoms with van der Waals surface area (Å²) in [6.45, 7) is 2.23. The number of imidazole rings is 1. The summed E-state index contributed by atoms with van der Waals surface area (Å²) in [5.41, 5.74) is 3.47. The van der Waals surface area contributed by atoms with Crippen molar-refractivity contribution in [1.29, 1.82) is 0 Å². The minimum Gasteiger partial charge on any atom is -0.478 e. The van der Waals surface area contributed by atoms with Crippen LogP contribution in [0.1, 0.15) is 39.1 Å². The van der Waals surface area contributed by atoms with Crippen molar-refractivity contribution >= 4 is 5.97 Å². The summed E-state index contributed by atoms with van der Waals surface area (Å²) >= 11 is 0. The Balaban J connectivity index is 1.70. The molecule has 0 bridgehead atoms. The first-order valence-electron chi connectivity index (χ1n) is 10.4. The molecule has 0 radical (unpaired) electrons. The highest BCUT2D eigenvalue weighted by Crippen LogP contribution is 2.32. The molecule has 0 amide bonds. The van der Waals surface area contributed by atoms with Crippen LogP contribution in [0.25, 0.3) is 11.1 Å². The van der Waals surface area contributed by atoms with Crippen LogP contribution >= 0.6 is 0 Å². The third-order valence-electron chi connectivity index (χ3n) is 5.32. The molecule has 2 N–H and O–H groups in total. The molecule has 168 valence electrons. The van der Waals surface area contributed by atoms with Crippen LogP contribution in [-0.2, 0) is 11.2 Å². The van der Waals surface area contributed by atoms with Gasteiger partial charge in [-0.2, -0.15) is 0 Å². The second-order valence-electron chi connectivity index (χ2n) is 7.66. The highest BCUT2D eigenvalue weighted by Gasteiger charge is 2.20. The summed E-state index contributed by atoms with van der Waals surface area (Å²) in [5, 5.41) is 9.67. The number of nitrogens with zero attached hydrogens (tertiary/aromatic N) is 1. The lowest BCUT2D eigenvalue weighted by Gasteiger charge is -2.20. The molecule has 0 fully saturated rings. The zero-order chi connectivity index (χ0) is 23.4. The fourth-order valence-corrected chi connectivity index (χ4v) is 3.69. The van der Waals surface area contributed by atoms with Gasteiger partial charge in [-0.25, -0.2) is 18.6 Å². The number of nitrogens with one attached hydrogen (secondary N) is 1. The van der Waals surface area contributed by atoms with Crippen molar-refractivity contribution in [2.75, 3.05) is 6.61 Å². The number of aromatic amines is 1. The standard InChI is InChI=1S/C26H22F2N2O3/c1-16-29-15-22(30-16)12-13-33-25(18-4-9-21(28)10-5-18)19-6-11-23(26(31)32)24(14-19)17-2-7-20(27)8-3-17/h2-11,14-15,25H,12-13H2,1H3,(H,29,30)(H,31,32). The quantitative estimate of drug-likeness (QED) is 0.362. The third kappa shape index (κ3) is 5.32. The van der Waals surface area contributed by atoms with Gasteiger partial charge in [0.05, 0.1) is 12.2 Å². The molecular weight excluding hydrogens is 426 g/mol. The van der Waals surface area contributed by atoms with E-state index in [4.69, 9.17) is 4.74 Å². The second kappa shape index (κ2) is 9.75. The van der Waals surface area contributed by atoms with E-state index in [1.807, 2.05) is 6.92 Å². The van der Waals surface area contributed by atoms with Gasteiger partial charge in [-0.3, -0.25) is 0 Å². The molecule has 0 aliphatic heterocycles. The molecule has 7 heteroatoms. The number of H-pyrrole nitrogens is 1. The molecule has 0 saturated carbocycles.